The Morgan fingerprint density at radius 3 is 2.81 bits per heavy atom. The zero-order valence-electron chi connectivity index (χ0n) is 14.4. The normalized spacial score (nSPS) is 15.7. The van der Waals surface area contributed by atoms with Gasteiger partial charge >= 0.3 is 5.97 Å². The Morgan fingerprint density at radius 1 is 1.30 bits per heavy atom. The van der Waals surface area contributed by atoms with Crippen molar-refractivity contribution in [2.45, 2.75) is 17.5 Å². The van der Waals surface area contributed by atoms with Gasteiger partial charge in [0.25, 0.3) is 5.56 Å². The van der Waals surface area contributed by atoms with E-state index in [4.69, 9.17) is 16.3 Å². The largest absolute Gasteiger partial charge is 0.467 e. The predicted molar refractivity (Wildman–Crippen MR) is 112 cm³/mol. The highest BCUT2D eigenvalue weighted by Gasteiger charge is 2.34. The molecule has 1 aliphatic heterocycles. The molecular formula is C20H15BrClNO3S. The third kappa shape index (κ3) is 3.10. The Bertz CT molecular complexity index is 1120. The molecule has 0 radical (unpaired) electrons. The van der Waals surface area contributed by atoms with Crippen molar-refractivity contribution >= 4 is 56.0 Å². The molecule has 3 aromatic rings. The molecule has 27 heavy (non-hydrogen) atoms. The first-order valence-corrected chi connectivity index (χ1v) is 10.5. The number of hydrogen-bond acceptors (Lipinski definition) is 4. The standard InChI is InChI=1S/C20H15BrClNO3S/c1-26-20(25)15-10-27-19-17(22)14(16(21)18(24)23(15)19)9-12-7-4-6-11-5-2-3-8-13(11)12/h2-8,15H,9-10H2,1H3/t15-/m0/s1. The minimum Gasteiger partial charge on any atom is -0.467 e. The quantitative estimate of drug-likeness (QED) is 0.521. The summed E-state index contributed by atoms with van der Waals surface area (Å²) in [4.78, 5) is 25.0. The van der Waals surface area contributed by atoms with Crippen molar-refractivity contribution < 1.29 is 9.53 Å². The van der Waals surface area contributed by atoms with E-state index in [1.165, 1.54) is 23.4 Å². The molecule has 0 spiro atoms. The van der Waals surface area contributed by atoms with Crippen LogP contribution in [0.15, 0.2) is 56.8 Å². The number of rotatable bonds is 3. The van der Waals surface area contributed by atoms with Gasteiger partial charge in [0.15, 0.2) is 0 Å². The van der Waals surface area contributed by atoms with Crippen molar-refractivity contribution in [3.63, 3.8) is 0 Å². The summed E-state index contributed by atoms with van der Waals surface area (Å²) in [5.41, 5.74) is 1.57. The molecule has 7 heteroatoms. The van der Waals surface area contributed by atoms with E-state index < -0.39 is 12.0 Å². The number of esters is 1. The molecule has 0 saturated carbocycles. The molecule has 1 aliphatic rings. The van der Waals surface area contributed by atoms with Gasteiger partial charge in [0.05, 0.1) is 21.6 Å². The average Bonchev–Trinajstić information content (AvgIpc) is 3.14. The van der Waals surface area contributed by atoms with Gasteiger partial charge in [-0.15, -0.1) is 11.8 Å². The number of thioether (sulfide) groups is 1. The zero-order chi connectivity index (χ0) is 19.1. The molecule has 0 fully saturated rings. The number of benzene rings is 2. The zero-order valence-corrected chi connectivity index (χ0v) is 17.5. The molecule has 0 N–H and O–H groups in total. The smallest absolute Gasteiger partial charge is 0.329 e. The first-order chi connectivity index (χ1) is 13.0. The number of ether oxygens (including phenoxy) is 1. The van der Waals surface area contributed by atoms with Gasteiger partial charge in [-0.3, -0.25) is 9.36 Å². The molecule has 0 saturated heterocycles. The molecule has 0 aliphatic carbocycles. The summed E-state index contributed by atoms with van der Waals surface area (Å²) in [7, 11) is 1.32. The fourth-order valence-electron chi connectivity index (χ4n) is 3.41. The number of nitrogens with zero attached hydrogens (tertiary/aromatic N) is 1. The lowest BCUT2D eigenvalue weighted by Gasteiger charge is -2.16. The number of fused-ring (bicyclic) bond motifs is 2. The Morgan fingerprint density at radius 2 is 2.04 bits per heavy atom. The summed E-state index contributed by atoms with van der Waals surface area (Å²) in [5, 5.41) is 3.39. The van der Waals surface area contributed by atoms with E-state index in [1.807, 2.05) is 24.3 Å². The predicted octanol–water partition coefficient (Wildman–Crippen LogP) is 4.83. The summed E-state index contributed by atoms with van der Waals surface area (Å²) in [6.45, 7) is 0. The third-order valence-electron chi connectivity index (χ3n) is 4.75. The summed E-state index contributed by atoms with van der Waals surface area (Å²) >= 11 is 11.5. The molecular weight excluding hydrogens is 450 g/mol. The number of carbonyl (C=O) groups excluding carboxylic acids is 1. The van der Waals surface area contributed by atoms with Gasteiger partial charge in [0.1, 0.15) is 6.04 Å². The summed E-state index contributed by atoms with van der Waals surface area (Å²) < 4.78 is 6.66. The number of hydrogen-bond donors (Lipinski definition) is 0. The van der Waals surface area contributed by atoms with E-state index in [0.717, 1.165) is 21.9 Å². The number of aromatic nitrogens is 1. The van der Waals surface area contributed by atoms with Crippen LogP contribution in [0.2, 0.25) is 5.02 Å². The Labute approximate surface area is 173 Å². The first-order valence-electron chi connectivity index (χ1n) is 8.32. The second kappa shape index (κ2) is 7.34. The topological polar surface area (TPSA) is 48.3 Å². The van der Waals surface area contributed by atoms with Crippen molar-refractivity contribution in [3.8, 4) is 0 Å². The van der Waals surface area contributed by atoms with Crippen LogP contribution in [0.5, 0.6) is 0 Å². The molecule has 138 valence electrons. The van der Waals surface area contributed by atoms with E-state index in [1.54, 1.807) is 0 Å². The average molecular weight is 465 g/mol. The lowest BCUT2D eigenvalue weighted by atomic mass is 9.99. The highest BCUT2D eigenvalue weighted by molar-refractivity contribution is 9.10. The fourth-order valence-corrected chi connectivity index (χ4v) is 5.67. The van der Waals surface area contributed by atoms with E-state index in [0.29, 0.717) is 26.7 Å². The highest BCUT2D eigenvalue weighted by atomic mass is 79.9. The molecule has 0 amide bonds. The van der Waals surface area contributed by atoms with Crippen molar-refractivity contribution in [1.82, 2.24) is 4.57 Å². The van der Waals surface area contributed by atoms with Crippen LogP contribution in [0.25, 0.3) is 10.8 Å². The summed E-state index contributed by atoms with van der Waals surface area (Å²) in [6.07, 6.45) is 0.521. The van der Waals surface area contributed by atoms with Gasteiger partial charge in [-0.2, -0.15) is 0 Å². The minimum atomic E-state index is -0.650. The van der Waals surface area contributed by atoms with Gasteiger partial charge in [-0.05, 0) is 37.8 Å². The van der Waals surface area contributed by atoms with Crippen molar-refractivity contribution in [2.75, 3.05) is 12.9 Å². The summed E-state index contributed by atoms with van der Waals surface area (Å²) in [5.74, 6) is -0.000622. The van der Waals surface area contributed by atoms with Gasteiger partial charge < -0.3 is 4.74 Å². The third-order valence-corrected chi connectivity index (χ3v) is 7.25. The van der Waals surface area contributed by atoms with Crippen LogP contribution in [0.1, 0.15) is 17.2 Å². The van der Waals surface area contributed by atoms with Crippen molar-refractivity contribution in [1.29, 1.82) is 0 Å². The molecule has 1 atom stereocenters. The molecule has 2 heterocycles. The number of pyridine rings is 1. The number of halogens is 2. The van der Waals surface area contributed by atoms with Gasteiger partial charge in [0, 0.05) is 12.2 Å². The monoisotopic (exact) mass is 463 g/mol. The molecule has 2 aromatic carbocycles. The minimum absolute atomic E-state index is 0.259. The van der Waals surface area contributed by atoms with Crippen LogP contribution in [-0.4, -0.2) is 23.4 Å². The molecule has 0 bridgehead atoms. The molecule has 4 nitrogen and oxygen atoms in total. The lowest BCUT2D eigenvalue weighted by Crippen LogP contribution is -2.31. The van der Waals surface area contributed by atoms with Crippen LogP contribution in [0.4, 0.5) is 0 Å². The van der Waals surface area contributed by atoms with Gasteiger partial charge in [-0.1, -0.05) is 54.1 Å². The van der Waals surface area contributed by atoms with Crippen molar-refractivity contribution in [3.05, 3.63) is 73.4 Å². The maximum absolute atomic E-state index is 13.0. The second-order valence-electron chi connectivity index (χ2n) is 6.25. The SMILES string of the molecule is COC(=O)[C@@H]1CSc2c(Cl)c(Cc3cccc4ccccc34)c(Br)c(=O)n21. The van der Waals surface area contributed by atoms with Gasteiger partial charge in [-0.25, -0.2) is 4.79 Å². The second-order valence-corrected chi connectivity index (χ2v) is 8.43. The van der Waals surface area contributed by atoms with E-state index in [2.05, 4.69) is 34.1 Å². The number of carbonyl (C=O) groups is 1. The number of methoxy groups -OCH3 is 1. The molecule has 0 unspecified atom stereocenters. The lowest BCUT2D eigenvalue weighted by molar-refractivity contribution is -0.143. The molecule has 4 rings (SSSR count). The van der Waals surface area contributed by atoms with E-state index in [-0.39, 0.29) is 5.56 Å². The Kier molecular flexibility index (Phi) is 5.05. The van der Waals surface area contributed by atoms with Crippen LogP contribution >= 0.6 is 39.3 Å². The van der Waals surface area contributed by atoms with Crippen LogP contribution in [-0.2, 0) is 16.0 Å². The molecule has 1 aromatic heterocycles. The maximum Gasteiger partial charge on any atom is 0.329 e. The van der Waals surface area contributed by atoms with Crippen molar-refractivity contribution in [2.24, 2.45) is 0 Å². The Hall–Kier alpha value is -1.76. The van der Waals surface area contributed by atoms with Crippen LogP contribution in [0, 0.1) is 0 Å². The highest BCUT2D eigenvalue weighted by Crippen LogP contribution is 2.41. The first kappa shape index (κ1) is 18.6. The van der Waals surface area contributed by atoms with Crippen LogP contribution in [0.3, 0.4) is 0 Å². The summed E-state index contributed by atoms with van der Waals surface area (Å²) in [6, 6.07) is 13.6. The maximum atomic E-state index is 13.0. The van der Waals surface area contributed by atoms with Gasteiger partial charge in [0.2, 0.25) is 0 Å². The fraction of sp³-hybridized carbons (Fsp3) is 0.200. The van der Waals surface area contributed by atoms with E-state index in [9.17, 15) is 9.59 Å². The van der Waals surface area contributed by atoms with Crippen LogP contribution < -0.4 is 5.56 Å². The van der Waals surface area contributed by atoms with E-state index >= 15 is 0 Å². The Balaban J connectivity index is 1.85.